The summed E-state index contributed by atoms with van der Waals surface area (Å²) in [4.78, 5) is 25.3. The van der Waals surface area contributed by atoms with Gasteiger partial charge >= 0.3 is 0 Å². The van der Waals surface area contributed by atoms with Gasteiger partial charge in [-0.2, -0.15) is 0 Å². The fourth-order valence-electron chi connectivity index (χ4n) is 4.23. The van der Waals surface area contributed by atoms with E-state index in [9.17, 15) is 9.59 Å². The summed E-state index contributed by atoms with van der Waals surface area (Å²) in [5, 5.41) is 2.94. The zero-order valence-corrected chi connectivity index (χ0v) is 16.4. The predicted molar refractivity (Wildman–Crippen MR) is 106 cm³/mol. The molecule has 1 aromatic carbocycles. The number of amides is 1. The van der Waals surface area contributed by atoms with E-state index in [1.54, 1.807) is 24.8 Å². The molecule has 0 radical (unpaired) electrons. The molecule has 0 fully saturated rings. The number of para-hydroxylation sites is 1. The molecule has 1 N–H and O–H groups in total. The topological polar surface area (TPSA) is 69.6 Å². The molecule has 0 bridgehead atoms. The summed E-state index contributed by atoms with van der Waals surface area (Å²) >= 11 is 0. The molecule has 4 rings (SSSR count). The molecule has 6 heteroatoms. The van der Waals surface area contributed by atoms with E-state index in [1.165, 1.54) is 0 Å². The van der Waals surface area contributed by atoms with Crippen LogP contribution in [-0.2, 0) is 26.3 Å². The largest absolute Gasteiger partial charge is 0.493 e. The number of hydrogen-bond acceptors (Lipinski definition) is 4. The van der Waals surface area contributed by atoms with Crippen molar-refractivity contribution in [3.05, 3.63) is 57.0 Å². The summed E-state index contributed by atoms with van der Waals surface area (Å²) in [5.41, 5.74) is 3.30. The van der Waals surface area contributed by atoms with E-state index in [0.717, 1.165) is 60.4 Å². The highest BCUT2D eigenvalue weighted by Crippen LogP contribution is 2.35. The molecule has 0 unspecified atom stereocenters. The van der Waals surface area contributed by atoms with Gasteiger partial charge in [0.2, 0.25) is 0 Å². The minimum atomic E-state index is -0.301. The van der Waals surface area contributed by atoms with Gasteiger partial charge in [-0.1, -0.05) is 12.1 Å². The molecule has 1 aliphatic heterocycles. The second-order valence-electron chi connectivity index (χ2n) is 7.64. The molecule has 1 amide bonds. The molecule has 6 nitrogen and oxygen atoms in total. The van der Waals surface area contributed by atoms with Crippen LogP contribution in [0.25, 0.3) is 0 Å². The highest BCUT2D eigenvalue weighted by atomic mass is 16.5. The van der Waals surface area contributed by atoms with Crippen molar-refractivity contribution in [2.45, 2.75) is 32.1 Å². The average molecular weight is 382 g/mol. The SMILES string of the molecule is COc1cccc2c1OC[C@H](CNC(=O)c1cc3c(n(C)c1=O)CCCC3)C2. The molecule has 1 atom stereocenters. The highest BCUT2D eigenvalue weighted by molar-refractivity contribution is 5.94. The van der Waals surface area contributed by atoms with Crippen LogP contribution in [0.3, 0.4) is 0 Å². The summed E-state index contributed by atoms with van der Waals surface area (Å²) < 4.78 is 12.9. The number of benzene rings is 1. The van der Waals surface area contributed by atoms with Crippen LogP contribution >= 0.6 is 0 Å². The highest BCUT2D eigenvalue weighted by Gasteiger charge is 2.24. The van der Waals surface area contributed by atoms with Crippen molar-refractivity contribution in [1.82, 2.24) is 9.88 Å². The first-order chi connectivity index (χ1) is 13.6. The lowest BCUT2D eigenvalue weighted by molar-refractivity contribution is 0.0936. The summed E-state index contributed by atoms with van der Waals surface area (Å²) in [6.45, 7) is 0.978. The maximum absolute atomic E-state index is 12.7. The minimum absolute atomic E-state index is 0.157. The number of pyridine rings is 1. The van der Waals surface area contributed by atoms with Crippen LogP contribution in [0.2, 0.25) is 0 Å². The maximum atomic E-state index is 12.7. The molecule has 28 heavy (non-hydrogen) atoms. The first kappa shape index (κ1) is 18.6. The standard InChI is InChI=1S/C22H26N2O4/c1-24-18-8-4-3-6-15(18)11-17(22(24)26)21(25)23-12-14-10-16-7-5-9-19(27-2)20(16)28-13-14/h5,7,9,11,14H,3-4,6,8,10,12-13H2,1-2H3,(H,23,25)/t14-/m0/s1. The number of rotatable bonds is 4. The lowest BCUT2D eigenvalue weighted by Crippen LogP contribution is -2.38. The van der Waals surface area contributed by atoms with Crippen molar-refractivity contribution < 1.29 is 14.3 Å². The van der Waals surface area contributed by atoms with Gasteiger partial charge in [-0.15, -0.1) is 0 Å². The zero-order valence-electron chi connectivity index (χ0n) is 16.4. The molecule has 1 aromatic heterocycles. The fourth-order valence-corrected chi connectivity index (χ4v) is 4.23. The van der Waals surface area contributed by atoms with Gasteiger partial charge in [0, 0.05) is 25.2 Å². The third-order valence-electron chi connectivity index (χ3n) is 5.79. The number of carbonyl (C=O) groups is 1. The summed E-state index contributed by atoms with van der Waals surface area (Å²) in [6, 6.07) is 7.64. The normalized spacial score (nSPS) is 17.9. The van der Waals surface area contributed by atoms with Crippen LogP contribution in [0, 0.1) is 5.92 Å². The van der Waals surface area contributed by atoms with Crippen molar-refractivity contribution in [2.75, 3.05) is 20.3 Å². The Labute approximate surface area is 164 Å². The zero-order chi connectivity index (χ0) is 19.7. The van der Waals surface area contributed by atoms with Gasteiger partial charge in [0.05, 0.1) is 13.7 Å². The van der Waals surface area contributed by atoms with Crippen LogP contribution in [-0.4, -0.2) is 30.7 Å². The number of nitrogens with one attached hydrogen (secondary N) is 1. The van der Waals surface area contributed by atoms with E-state index < -0.39 is 0 Å². The summed E-state index contributed by atoms with van der Waals surface area (Å²) in [7, 11) is 3.40. The van der Waals surface area contributed by atoms with Gasteiger partial charge in [-0.05, 0) is 55.4 Å². The van der Waals surface area contributed by atoms with Gasteiger partial charge < -0.3 is 19.4 Å². The van der Waals surface area contributed by atoms with Crippen molar-refractivity contribution in [2.24, 2.45) is 13.0 Å². The van der Waals surface area contributed by atoms with E-state index in [1.807, 2.05) is 18.2 Å². The van der Waals surface area contributed by atoms with Gasteiger partial charge in [0.15, 0.2) is 11.5 Å². The molecule has 2 aromatic rings. The number of nitrogens with zero attached hydrogens (tertiary/aromatic N) is 1. The van der Waals surface area contributed by atoms with Crippen LogP contribution < -0.4 is 20.3 Å². The van der Waals surface area contributed by atoms with Crippen LogP contribution in [0.5, 0.6) is 11.5 Å². The fraction of sp³-hybridized carbons (Fsp3) is 0.455. The van der Waals surface area contributed by atoms with E-state index in [0.29, 0.717) is 13.2 Å². The molecular formula is C22H26N2O4. The molecule has 0 saturated carbocycles. The molecule has 1 aliphatic carbocycles. The third-order valence-corrected chi connectivity index (χ3v) is 5.79. The molecule has 2 aliphatic rings. The van der Waals surface area contributed by atoms with Crippen LogP contribution in [0.4, 0.5) is 0 Å². The minimum Gasteiger partial charge on any atom is -0.493 e. The maximum Gasteiger partial charge on any atom is 0.263 e. The quantitative estimate of drug-likeness (QED) is 0.881. The van der Waals surface area contributed by atoms with Crippen LogP contribution in [0.15, 0.2) is 29.1 Å². The first-order valence-electron chi connectivity index (χ1n) is 9.87. The van der Waals surface area contributed by atoms with Gasteiger partial charge in [0.1, 0.15) is 5.56 Å². The van der Waals surface area contributed by atoms with Crippen molar-refractivity contribution >= 4 is 5.91 Å². The van der Waals surface area contributed by atoms with E-state index in [4.69, 9.17) is 9.47 Å². The number of aryl methyl sites for hydroxylation is 1. The Morgan fingerprint density at radius 3 is 2.93 bits per heavy atom. The Kier molecular flexibility index (Phi) is 5.11. The van der Waals surface area contributed by atoms with Gasteiger partial charge in [-0.25, -0.2) is 0 Å². The summed E-state index contributed by atoms with van der Waals surface area (Å²) in [5.74, 6) is 1.38. The van der Waals surface area contributed by atoms with Crippen LogP contribution in [0.1, 0.15) is 40.0 Å². The molecule has 0 saturated heterocycles. The van der Waals surface area contributed by atoms with Gasteiger partial charge in [-0.3, -0.25) is 9.59 Å². The predicted octanol–water partition coefficient (Wildman–Crippen LogP) is 2.25. The number of methoxy groups -OCH3 is 1. The Morgan fingerprint density at radius 2 is 2.11 bits per heavy atom. The number of aromatic nitrogens is 1. The number of ether oxygens (including phenoxy) is 2. The van der Waals surface area contributed by atoms with Crippen molar-refractivity contribution in [1.29, 1.82) is 0 Å². The Morgan fingerprint density at radius 1 is 1.29 bits per heavy atom. The molecular weight excluding hydrogens is 356 g/mol. The average Bonchev–Trinajstić information content (AvgIpc) is 2.73. The number of carbonyl (C=O) groups excluding carboxylic acids is 1. The van der Waals surface area contributed by atoms with Crippen molar-refractivity contribution in [3.63, 3.8) is 0 Å². The Balaban J connectivity index is 1.45. The number of hydrogen-bond donors (Lipinski definition) is 1. The monoisotopic (exact) mass is 382 g/mol. The lowest BCUT2D eigenvalue weighted by atomic mass is 9.94. The Hall–Kier alpha value is -2.76. The lowest BCUT2D eigenvalue weighted by Gasteiger charge is -2.26. The van der Waals surface area contributed by atoms with E-state index in [2.05, 4.69) is 5.32 Å². The second-order valence-corrected chi connectivity index (χ2v) is 7.64. The van der Waals surface area contributed by atoms with E-state index in [-0.39, 0.29) is 22.9 Å². The smallest absolute Gasteiger partial charge is 0.263 e. The molecule has 0 spiro atoms. The van der Waals surface area contributed by atoms with Gasteiger partial charge in [0.25, 0.3) is 11.5 Å². The number of fused-ring (bicyclic) bond motifs is 2. The third kappa shape index (κ3) is 3.39. The molecule has 2 heterocycles. The first-order valence-corrected chi connectivity index (χ1v) is 9.87. The summed E-state index contributed by atoms with van der Waals surface area (Å²) in [6.07, 6.45) is 4.84. The van der Waals surface area contributed by atoms with Crippen molar-refractivity contribution in [3.8, 4) is 11.5 Å². The second kappa shape index (κ2) is 7.70. The molecule has 148 valence electrons. The van der Waals surface area contributed by atoms with E-state index >= 15 is 0 Å². The Bertz CT molecular complexity index is 964.